The molecule has 0 N–H and O–H groups in total. The van der Waals surface area contributed by atoms with E-state index >= 15 is 0 Å². The molecule has 0 spiro atoms. The van der Waals surface area contributed by atoms with Gasteiger partial charge in [-0.2, -0.15) is 4.31 Å². The van der Waals surface area contributed by atoms with Crippen LogP contribution in [0.2, 0.25) is 0 Å². The monoisotopic (exact) mass is 395 g/mol. The van der Waals surface area contributed by atoms with Crippen LogP contribution in [0, 0.1) is 0 Å². The van der Waals surface area contributed by atoms with Crippen LogP contribution >= 0.6 is 11.3 Å². The van der Waals surface area contributed by atoms with E-state index in [1.807, 2.05) is 6.20 Å². The van der Waals surface area contributed by atoms with Crippen LogP contribution < -0.4 is 4.74 Å². The molecule has 0 amide bonds. The van der Waals surface area contributed by atoms with Crippen LogP contribution in [0.3, 0.4) is 0 Å². The summed E-state index contributed by atoms with van der Waals surface area (Å²) >= 11 is 1.74. The van der Waals surface area contributed by atoms with Crippen LogP contribution in [0.5, 0.6) is 5.75 Å². The topological polar surface area (TPSA) is 62.7 Å². The van der Waals surface area contributed by atoms with Crippen LogP contribution in [0.1, 0.15) is 29.7 Å². The zero-order valence-electron chi connectivity index (χ0n) is 15.4. The van der Waals surface area contributed by atoms with Crippen molar-refractivity contribution in [2.75, 3.05) is 33.3 Å². The zero-order valence-corrected chi connectivity index (χ0v) is 17.0. The molecular formula is C18H25N3O3S2. The average molecular weight is 396 g/mol. The average Bonchev–Trinajstić information content (AvgIpc) is 3.11. The number of benzene rings is 1. The van der Waals surface area contributed by atoms with Gasteiger partial charge in [0.05, 0.1) is 18.6 Å². The highest BCUT2D eigenvalue weighted by Gasteiger charge is 2.28. The van der Waals surface area contributed by atoms with Gasteiger partial charge >= 0.3 is 0 Å². The van der Waals surface area contributed by atoms with Gasteiger partial charge in [-0.15, -0.1) is 11.3 Å². The van der Waals surface area contributed by atoms with Crippen molar-refractivity contribution in [1.82, 2.24) is 14.2 Å². The first-order valence-corrected chi connectivity index (χ1v) is 11.0. The molecule has 1 aliphatic heterocycles. The highest BCUT2D eigenvalue weighted by molar-refractivity contribution is 7.89. The molecule has 0 atom stereocenters. The molecule has 0 bridgehead atoms. The second-order valence-corrected chi connectivity index (χ2v) is 9.75. The molecule has 6 nitrogen and oxygen atoms in total. The molecule has 142 valence electrons. The van der Waals surface area contributed by atoms with Gasteiger partial charge in [-0.25, -0.2) is 13.4 Å². The van der Waals surface area contributed by atoms with E-state index in [0.717, 1.165) is 11.6 Å². The van der Waals surface area contributed by atoms with Gasteiger partial charge in [0.25, 0.3) is 0 Å². The first-order chi connectivity index (χ1) is 12.4. The third-order valence-corrected chi connectivity index (χ3v) is 7.72. The molecule has 0 unspecified atom stereocenters. The van der Waals surface area contributed by atoms with Crippen molar-refractivity contribution >= 4 is 21.4 Å². The van der Waals surface area contributed by atoms with Crippen molar-refractivity contribution in [3.63, 3.8) is 0 Å². The molecule has 0 radical (unpaired) electrons. The number of piperazine rings is 1. The van der Waals surface area contributed by atoms with Crippen LogP contribution in [0.25, 0.3) is 0 Å². The number of rotatable bonds is 6. The highest BCUT2D eigenvalue weighted by atomic mass is 32.2. The highest BCUT2D eigenvalue weighted by Crippen LogP contribution is 2.24. The van der Waals surface area contributed by atoms with Crippen LogP contribution in [0.15, 0.2) is 35.4 Å². The van der Waals surface area contributed by atoms with Gasteiger partial charge in [-0.3, -0.25) is 4.90 Å². The lowest BCUT2D eigenvalue weighted by Gasteiger charge is -2.33. The summed E-state index contributed by atoms with van der Waals surface area (Å²) in [6, 6.07) is 6.56. The van der Waals surface area contributed by atoms with E-state index in [9.17, 15) is 8.42 Å². The maximum atomic E-state index is 12.8. The van der Waals surface area contributed by atoms with Crippen molar-refractivity contribution in [1.29, 1.82) is 0 Å². The van der Waals surface area contributed by atoms with Gasteiger partial charge < -0.3 is 4.74 Å². The second-order valence-electron chi connectivity index (χ2n) is 6.67. The summed E-state index contributed by atoms with van der Waals surface area (Å²) in [5.74, 6) is 1.14. The van der Waals surface area contributed by atoms with Crippen LogP contribution in [-0.4, -0.2) is 55.9 Å². The van der Waals surface area contributed by atoms with Gasteiger partial charge in [0.2, 0.25) is 10.0 Å². The van der Waals surface area contributed by atoms with Crippen molar-refractivity contribution < 1.29 is 13.2 Å². The largest absolute Gasteiger partial charge is 0.497 e. The number of methoxy groups -OCH3 is 1. The van der Waals surface area contributed by atoms with E-state index in [4.69, 9.17) is 4.74 Å². The molecule has 1 saturated heterocycles. The predicted molar refractivity (Wildman–Crippen MR) is 103 cm³/mol. The fourth-order valence-corrected chi connectivity index (χ4v) is 5.27. The standard InChI is InChI=1S/C18H25N3O3S2/c1-14(2)17-12-19-18(25-17)13-20-8-10-21(11-9-20)26(22,23)16-6-4-15(24-3)5-7-16/h4-7,12,14H,8-11,13H2,1-3H3. The summed E-state index contributed by atoms with van der Waals surface area (Å²) in [7, 11) is -1.89. The number of thiazole rings is 1. The Kier molecular flexibility index (Phi) is 5.96. The summed E-state index contributed by atoms with van der Waals surface area (Å²) in [5.41, 5.74) is 0. The van der Waals surface area contributed by atoms with Gasteiger partial charge in [0, 0.05) is 37.3 Å². The third kappa shape index (κ3) is 4.25. The normalized spacial score (nSPS) is 16.9. The van der Waals surface area contributed by atoms with E-state index in [0.29, 0.717) is 42.7 Å². The quantitative estimate of drug-likeness (QED) is 0.753. The molecule has 1 fully saturated rings. The number of sulfonamides is 1. The number of hydrogen-bond donors (Lipinski definition) is 0. The van der Waals surface area contributed by atoms with E-state index in [-0.39, 0.29) is 0 Å². The minimum atomic E-state index is -3.45. The molecule has 1 aliphatic rings. The Hall–Kier alpha value is -1.48. The third-order valence-electron chi connectivity index (χ3n) is 4.53. The summed E-state index contributed by atoms with van der Waals surface area (Å²) in [4.78, 5) is 8.37. The fraction of sp³-hybridized carbons (Fsp3) is 0.500. The van der Waals surface area contributed by atoms with E-state index in [2.05, 4.69) is 23.7 Å². The Bertz CT molecular complexity index is 824. The Morgan fingerprint density at radius 2 is 1.81 bits per heavy atom. The molecular weight excluding hydrogens is 370 g/mol. The first-order valence-electron chi connectivity index (χ1n) is 8.71. The summed E-state index contributed by atoms with van der Waals surface area (Å²) in [6.45, 7) is 7.54. The van der Waals surface area contributed by atoms with E-state index < -0.39 is 10.0 Å². The van der Waals surface area contributed by atoms with Gasteiger partial charge in [0.15, 0.2) is 0 Å². The smallest absolute Gasteiger partial charge is 0.243 e. The van der Waals surface area contributed by atoms with Crippen molar-refractivity contribution in [3.05, 3.63) is 40.3 Å². The minimum Gasteiger partial charge on any atom is -0.497 e. The van der Waals surface area contributed by atoms with Crippen molar-refractivity contribution in [2.45, 2.75) is 31.2 Å². The van der Waals surface area contributed by atoms with E-state index in [1.54, 1.807) is 47.0 Å². The molecule has 1 aromatic carbocycles. The molecule has 1 aromatic heterocycles. The molecule has 2 aromatic rings. The summed E-state index contributed by atoms with van der Waals surface area (Å²) < 4.78 is 32.2. The summed E-state index contributed by atoms with van der Waals surface area (Å²) in [6.07, 6.45) is 1.95. The Balaban J connectivity index is 1.59. The van der Waals surface area contributed by atoms with Crippen LogP contribution in [0.4, 0.5) is 0 Å². The van der Waals surface area contributed by atoms with Gasteiger partial charge in [-0.1, -0.05) is 13.8 Å². The second kappa shape index (κ2) is 8.04. The lowest BCUT2D eigenvalue weighted by atomic mass is 10.2. The molecule has 0 aliphatic carbocycles. The zero-order chi connectivity index (χ0) is 18.7. The Labute approximate surface area is 159 Å². The van der Waals surface area contributed by atoms with Crippen LogP contribution in [-0.2, 0) is 16.6 Å². The fourth-order valence-electron chi connectivity index (χ4n) is 2.88. The first kappa shape index (κ1) is 19.3. The van der Waals surface area contributed by atoms with Crippen molar-refractivity contribution in [3.8, 4) is 5.75 Å². The number of hydrogen-bond acceptors (Lipinski definition) is 6. The Morgan fingerprint density at radius 1 is 1.15 bits per heavy atom. The van der Waals surface area contributed by atoms with E-state index in [1.165, 1.54) is 4.88 Å². The molecule has 8 heteroatoms. The van der Waals surface area contributed by atoms with Gasteiger partial charge in [0.1, 0.15) is 10.8 Å². The van der Waals surface area contributed by atoms with Gasteiger partial charge in [-0.05, 0) is 30.2 Å². The predicted octanol–water partition coefficient (Wildman–Crippen LogP) is 2.78. The molecule has 2 heterocycles. The maximum Gasteiger partial charge on any atom is 0.243 e. The maximum absolute atomic E-state index is 12.8. The lowest BCUT2D eigenvalue weighted by molar-refractivity contribution is 0.181. The number of aromatic nitrogens is 1. The molecule has 0 saturated carbocycles. The molecule has 26 heavy (non-hydrogen) atoms. The molecule has 3 rings (SSSR count). The summed E-state index contributed by atoms with van der Waals surface area (Å²) in [5, 5.41) is 1.10. The Morgan fingerprint density at radius 3 is 2.35 bits per heavy atom. The number of ether oxygens (including phenoxy) is 1. The lowest BCUT2D eigenvalue weighted by Crippen LogP contribution is -2.48. The number of nitrogens with zero attached hydrogens (tertiary/aromatic N) is 3. The van der Waals surface area contributed by atoms with Crippen molar-refractivity contribution in [2.24, 2.45) is 0 Å². The SMILES string of the molecule is COc1ccc(S(=O)(=O)N2CCN(Cc3ncc(C(C)C)s3)CC2)cc1. The minimum absolute atomic E-state index is 0.313.